The Kier molecular flexibility index (Phi) is 71.8. The van der Waals surface area contributed by atoms with Crippen LogP contribution in [0, 0.1) is 17.8 Å². The predicted molar refractivity (Wildman–Crippen MR) is 418 cm³/mol. The fourth-order valence-corrected chi connectivity index (χ4v) is 14.4. The molecule has 3 N–H and O–H groups in total. The molecule has 0 aliphatic rings. The molecule has 0 radical (unpaired) electrons. The molecule has 0 aliphatic carbocycles. The van der Waals surface area contributed by atoms with Crippen molar-refractivity contribution in [3.8, 4) is 0 Å². The molecule has 0 fully saturated rings. The summed E-state index contributed by atoms with van der Waals surface area (Å²) < 4.78 is 68.7. The van der Waals surface area contributed by atoms with E-state index in [0.717, 1.165) is 108 Å². The number of rotatable bonds is 81. The minimum Gasteiger partial charge on any atom is -0.462 e. The summed E-state index contributed by atoms with van der Waals surface area (Å²) in [6.07, 6.45) is 62.6. The van der Waals surface area contributed by atoms with Gasteiger partial charge in [-0.1, -0.05) is 382 Å². The number of carbonyl (C=O) groups excluding carboxylic acids is 4. The average molecular weight is 1490 g/mol. The van der Waals surface area contributed by atoms with Gasteiger partial charge in [0.25, 0.3) is 0 Å². The molecule has 0 heterocycles. The molecule has 19 heteroatoms. The summed E-state index contributed by atoms with van der Waals surface area (Å²) in [5.41, 5.74) is 0. The Labute approximate surface area is 626 Å². The van der Waals surface area contributed by atoms with Gasteiger partial charge >= 0.3 is 39.5 Å². The van der Waals surface area contributed by atoms with E-state index in [-0.39, 0.29) is 25.7 Å². The first-order valence-electron chi connectivity index (χ1n) is 42.9. The average Bonchev–Trinajstić information content (AvgIpc) is 0.932. The molecule has 3 unspecified atom stereocenters. The molecule has 0 aromatic heterocycles. The van der Waals surface area contributed by atoms with Crippen LogP contribution in [-0.2, 0) is 65.4 Å². The van der Waals surface area contributed by atoms with Crippen molar-refractivity contribution < 1.29 is 80.2 Å². The molecule has 0 amide bonds. The Hall–Kier alpha value is -1.94. The number of esters is 4. The van der Waals surface area contributed by atoms with Crippen molar-refractivity contribution in [1.29, 1.82) is 0 Å². The number of aliphatic hydroxyl groups is 1. The van der Waals surface area contributed by atoms with E-state index >= 15 is 0 Å². The summed E-state index contributed by atoms with van der Waals surface area (Å²) >= 11 is 0. The standard InChI is InChI=1S/C83H162O17P2/c1-8-10-11-12-13-14-15-16-17-23-26-32-37-42-50-57-64-80(85)93-70-78(99-82(87)66-59-52-43-38-33-27-24-21-19-18-20-22-25-31-36-41-49-56-63-76(7)9-2)72-97-101(89,90)95-68-77(84)69-96-102(91,92)98-73-79(71-94-81(86)65-58-51-46-45-48-55-62-75(5)6)100-83(88)67-60-53-44-39-34-29-28-30-35-40-47-54-61-74(3)4/h74-79,84H,8-73H2,1-7H3,(H,89,90)(H,91,92)/t76?,77-,78-,79-/m1/s1. The first-order valence-corrected chi connectivity index (χ1v) is 45.9. The molecule has 102 heavy (non-hydrogen) atoms. The minimum absolute atomic E-state index is 0.106. The summed E-state index contributed by atoms with van der Waals surface area (Å²) in [4.78, 5) is 73.0. The highest BCUT2D eigenvalue weighted by Gasteiger charge is 2.30. The Morgan fingerprint density at radius 2 is 0.500 bits per heavy atom. The van der Waals surface area contributed by atoms with E-state index in [4.69, 9.17) is 37.0 Å². The third-order valence-electron chi connectivity index (χ3n) is 19.7. The fraction of sp³-hybridized carbons (Fsp3) is 0.952. The number of hydrogen-bond donors (Lipinski definition) is 3. The van der Waals surface area contributed by atoms with Crippen molar-refractivity contribution in [2.45, 2.75) is 452 Å². The summed E-state index contributed by atoms with van der Waals surface area (Å²) in [6.45, 7) is 11.9. The maximum absolute atomic E-state index is 13.1. The Morgan fingerprint density at radius 3 is 0.745 bits per heavy atom. The van der Waals surface area contributed by atoms with Gasteiger partial charge in [-0.05, 0) is 43.4 Å². The first kappa shape index (κ1) is 100. The molecule has 0 aromatic rings. The molecule has 0 rings (SSSR count). The van der Waals surface area contributed by atoms with Gasteiger partial charge in [0.1, 0.15) is 19.3 Å². The van der Waals surface area contributed by atoms with Crippen LogP contribution >= 0.6 is 15.6 Å². The van der Waals surface area contributed by atoms with Gasteiger partial charge < -0.3 is 33.8 Å². The summed E-state index contributed by atoms with van der Waals surface area (Å²) in [5.74, 6) is 0.217. The number of phosphoric acid groups is 2. The molecule has 17 nitrogen and oxygen atoms in total. The highest BCUT2D eigenvalue weighted by molar-refractivity contribution is 7.47. The van der Waals surface area contributed by atoms with Gasteiger partial charge in [-0.25, -0.2) is 9.13 Å². The van der Waals surface area contributed by atoms with Crippen LogP contribution in [0.4, 0.5) is 0 Å². The molecule has 0 saturated carbocycles. The SMILES string of the molecule is CCCCCCCCCCCCCCCCCCC(=O)OC[C@H](COP(=O)(O)OC[C@@H](O)COP(=O)(O)OC[C@@H](COC(=O)CCCCCCCCC(C)C)OC(=O)CCCCCCCCCCCCCCC(C)C)OC(=O)CCCCCCCCCCCCCCCCCCCCC(C)CC. The van der Waals surface area contributed by atoms with E-state index in [1.807, 2.05) is 0 Å². The van der Waals surface area contributed by atoms with E-state index in [0.29, 0.717) is 31.6 Å². The maximum atomic E-state index is 13.1. The minimum atomic E-state index is -4.96. The number of carbonyl (C=O) groups is 4. The van der Waals surface area contributed by atoms with Crippen LogP contribution in [0.5, 0.6) is 0 Å². The van der Waals surface area contributed by atoms with Crippen molar-refractivity contribution >= 4 is 39.5 Å². The number of ether oxygens (including phenoxy) is 4. The fourth-order valence-electron chi connectivity index (χ4n) is 12.8. The summed E-state index contributed by atoms with van der Waals surface area (Å²) in [7, 11) is -9.92. The molecule has 0 aliphatic heterocycles. The third-order valence-corrected chi connectivity index (χ3v) is 21.6. The molecule has 0 spiro atoms. The maximum Gasteiger partial charge on any atom is 0.472 e. The van der Waals surface area contributed by atoms with Gasteiger partial charge in [0.05, 0.1) is 26.4 Å². The lowest BCUT2D eigenvalue weighted by atomic mass is 9.99. The van der Waals surface area contributed by atoms with Gasteiger partial charge in [0, 0.05) is 25.7 Å². The van der Waals surface area contributed by atoms with E-state index < -0.39 is 97.5 Å². The second kappa shape index (κ2) is 73.2. The zero-order chi connectivity index (χ0) is 75.1. The second-order valence-electron chi connectivity index (χ2n) is 31.1. The van der Waals surface area contributed by atoms with Crippen LogP contribution in [0.2, 0.25) is 0 Å². The highest BCUT2D eigenvalue weighted by atomic mass is 31.2. The van der Waals surface area contributed by atoms with Crippen molar-refractivity contribution in [2.24, 2.45) is 17.8 Å². The Bertz CT molecular complexity index is 1980. The Balaban J connectivity index is 5.21. The highest BCUT2D eigenvalue weighted by Crippen LogP contribution is 2.45. The monoisotopic (exact) mass is 1490 g/mol. The van der Waals surface area contributed by atoms with Crippen molar-refractivity contribution in [1.82, 2.24) is 0 Å². The van der Waals surface area contributed by atoms with Crippen LogP contribution in [0.1, 0.15) is 434 Å². The second-order valence-corrected chi connectivity index (χ2v) is 34.0. The lowest BCUT2D eigenvalue weighted by Gasteiger charge is -2.21. The summed E-state index contributed by atoms with van der Waals surface area (Å²) in [6, 6.07) is 0. The predicted octanol–water partition coefficient (Wildman–Crippen LogP) is 24.9. The van der Waals surface area contributed by atoms with Gasteiger partial charge in [-0.3, -0.25) is 37.3 Å². The largest absolute Gasteiger partial charge is 0.472 e. The van der Waals surface area contributed by atoms with Crippen LogP contribution < -0.4 is 0 Å². The topological polar surface area (TPSA) is 237 Å². The molecule has 0 aromatic carbocycles. The van der Waals surface area contributed by atoms with Crippen molar-refractivity contribution in [3.05, 3.63) is 0 Å². The molecule has 0 saturated heterocycles. The molecule has 606 valence electrons. The third kappa shape index (κ3) is 74.9. The molecular formula is C83H162O17P2. The zero-order valence-electron chi connectivity index (χ0n) is 67.1. The van der Waals surface area contributed by atoms with Crippen LogP contribution in [-0.4, -0.2) is 96.7 Å². The number of unbranched alkanes of at least 4 members (excludes halogenated alkanes) is 48. The number of aliphatic hydroxyl groups excluding tert-OH is 1. The molecule has 0 bridgehead atoms. The zero-order valence-corrected chi connectivity index (χ0v) is 68.9. The normalized spacial score (nSPS) is 14.2. The van der Waals surface area contributed by atoms with E-state index in [9.17, 15) is 43.2 Å². The van der Waals surface area contributed by atoms with Gasteiger partial charge in [-0.2, -0.15) is 0 Å². The van der Waals surface area contributed by atoms with E-state index in [1.165, 1.54) is 238 Å². The van der Waals surface area contributed by atoms with Crippen molar-refractivity contribution in [3.63, 3.8) is 0 Å². The van der Waals surface area contributed by atoms with Gasteiger partial charge in [0.2, 0.25) is 0 Å². The van der Waals surface area contributed by atoms with Crippen LogP contribution in [0.15, 0.2) is 0 Å². The molecular weight excluding hydrogens is 1330 g/mol. The van der Waals surface area contributed by atoms with Crippen LogP contribution in [0.3, 0.4) is 0 Å². The van der Waals surface area contributed by atoms with E-state index in [2.05, 4.69) is 48.5 Å². The Morgan fingerprint density at radius 1 is 0.284 bits per heavy atom. The summed E-state index contributed by atoms with van der Waals surface area (Å²) in [5, 5.41) is 10.6. The lowest BCUT2D eigenvalue weighted by molar-refractivity contribution is -0.161. The molecule has 6 atom stereocenters. The van der Waals surface area contributed by atoms with E-state index in [1.54, 1.807) is 0 Å². The lowest BCUT2D eigenvalue weighted by Crippen LogP contribution is -2.30. The van der Waals surface area contributed by atoms with Crippen molar-refractivity contribution in [2.75, 3.05) is 39.6 Å². The smallest absolute Gasteiger partial charge is 0.462 e. The van der Waals surface area contributed by atoms with Gasteiger partial charge in [-0.15, -0.1) is 0 Å². The number of hydrogen-bond acceptors (Lipinski definition) is 15. The number of phosphoric ester groups is 2. The van der Waals surface area contributed by atoms with Crippen LogP contribution in [0.25, 0.3) is 0 Å². The first-order chi connectivity index (χ1) is 49.3. The quantitative estimate of drug-likeness (QED) is 0.0222. The van der Waals surface area contributed by atoms with Gasteiger partial charge in [0.15, 0.2) is 12.2 Å².